The summed E-state index contributed by atoms with van der Waals surface area (Å²) < 4.78 is 16.5. The van der Waals surface area contributed by atoms with Crippen molar-refractivity contribution in [2.24, 2.45) is 5.41 Å². The van der Waals surface area contributed by atoms with Gasteiger partial charge in [-0.3, -0.25) is 9.59 Å². The van der Waals surface area contributed by atoms with Crippen molar-refractivity contribution in [3.05, 3.63) is 54.1 Å². The van der Waals surface area contributed by atoms with Gasteiger partial charge < -0.3 is 24.0 Å². The Morgan fingerprint density at radius 3 is 2.32 bits per heavy atom. The fourth-order valence-electron chi connectivity index (χ4n) is 5.03. The van der Waals surface area contributed by atoms with Crippen molar-refractivity contribution in [1.29, 1.82) is 0 Å². The Bertz CT molecular complexity index is 1010. The number of esters is 2. The van der Waals surface area contributed by atoms with Gasteiger partial charge in [-0.05, 0) is 35.9 Å². The molecule has 0 bridgehead atoms. The number of nitrogens with zero attached hydrogens (tertiary/aromatic N) is 2. The highest BCUT2D eigenvalue weighted by molar-refractivity contribution is 6.04. The maximum atomic E-state index is 13.4. The number of carbonyl (C=O) groups excluding carboxylic acids is 2. The highest BCUT2D eigenvalue weighted by Gasteiger charge is 2.64. The molecule has 0 aliphatic carbocycles. The van der Waals surface area contributed by atoms with E-state index < -0.39 is 29.2 Å². The Morgan fingerprint density at radius 2 is 1.65 bits per heavy atom. The molecule has 3 heterocycles. The lowest BCUT2D eigenvalue weighted by Gasteiger charge is -2.55. The van der Waals surface area contributed by atoms with Gasteiger partial charge in [0.25, 0.3) is 5.79 Å². The summed E-state index contributed by atoms with van der Waals surface area (Å²) in [5.74, 6) is -1.48. The second kappa shape index (κ2) is 6.90. The fraction of sp³-hybridized carbons (Fsp3) is 0.417. The third-order valence-electron chi connectivity index (χ3n) is 6.56. The van der Waals surface area contributed by atoms with Crippen LogP contribution in [0.15, 0.2) is 48.5 Å². The zero-order valence-electron chi connectivity index (χ0n) is 18.0. The van der Waals surface area contributed by atoms with Crippen LogP contribution >= 0.6 is 0 Å². The topological polar surface area (TPSA) is 68.3 Å². The number of para-hydroxylation sites is 1. The molecule has 7 nitrogen and oxygen atoms in total. The Balaban J connectivity index is 1.56. The Hall–Kier alpha value is -3.22. The maximum Gasteiger partial charge on any atom is 0.329 e. The van der Waals surface area contributed by atoms with E-state index in [2.05, 4.69) is 15.9 Å². The molecular weight excluding hydrogens is 396 g/mol. The van der Waals surface area contributed by atoms with Crippen LogP contribution in [0.3, 0.4) is 0 Å². The molecule has 3 aliphatic heterocycles. The molecule has 0 saturated carbocycles. The van der Waals surface area contributed by atoms with Gasteiger partial charge in [0.05, 0.1) is 13.2 Å². The molecule has 0 amide bonds. The van der Waals surface area contributed by atoms with Gasteiger partial charge in [0.15, 0.2) is 5.41 Å². The first-order chi connectivity index (χ1) is 14.8. The molecule has 2 aromatic rings. The number of anilines is 2. The minimum Gasteiger partial charge on any atom is -0.497 e. The number of fused-ring (bicyclic) bond motifs is 4. The molecule has 162 valence electrons. The molecule has 3 aliphatic rings. The predicted octanol–water partition coefficient (Wildman–Crippen LogP) is 2.77. The average Bonchev–Trinajstić information content (AvgIpc) is 2.76. The molecule has 2 fully saturated rings. The Labute approximate surface area is 181 Å². The first kappa shape index (κ1) is 19.7. The van der Waals surface area contributed by atoms with Crippen molar-refractivity contribution < 1.29 is 23.8 Å². The number of rotatable bonds is 2. The largest absolute Gasteiger partial charge is 0.497 e. The second-order valence-corrected chi connectivity index (χ2v) is 8.81. The SMILES string of the molecule is COc1ccc(N2CCN3c4ccccc4CC4(C(=O)OC(C)(C)OC4=O)C3C2)cc1. The van der Waals surface area contributed by atoms with Crippen LogP contribution < -0.4 is 14.5 Å². The van der Waals surface area contributed by atoms with Gasteiger partial charge in [-0.25, -0.2) is 0 Å². The molecule has 2 saturated heterocycles. The third-order valence-corrected chi connectivity index (χ3v) is 6.56. The molecule has 1 spiro atoms. The monoisotopic (exact) mass is 422 g/mol. The van der Waals surface area contributed by atoms with Crippen molar-refractivity contribution in [2.75, 3.05) is 36.5 Å². The smallest absolute Gasteiger partial charge is 0.329 e. The number of carbonyl (C=O) groups is 2. The van der Waals surface area contributed by atoms with Crippen LogP contribution in [0.2, 0.25) is 0 Å². The van der Waals surface area contributed by atoms with Gasteiger partial charge in [-0.1, -0.05) is 18.2 Å². The van der Waals surface area contributed by atoms with Crippen LogP contribution in [0.25, 0.3) is 0 Å². The van der Waals surface area contributed by atoms with E-state index in [4.69, 9.17) is 14.2 Å². The number of hydrogen-bond donors (Lipinski definition) is 0. The fourth-order valence-corrected chi connectivity index (χ4v) is 5.03. The standard InChI is InChI=1S/C24H26N2O5/c1-23(2)30-21(27)24(22(28)31-23)14-16-6-4-5-7-19(16)26-13-12-25(15-20(24)26)17-8-10-18(29-3)11-9-17/h4-11,20H,12-15H2,1-3H3. The molecule has 1 unspecified atom stereocenters. The number of benzene rings is 2. The summed E-state index contributed by atoms with van der Waals surface area (Å²) in [7, 11) is 1.64. The zero-order valence-corrected chi connectivity index (χ0v) is 18.0. The first-order valence-corrected chi connectivity index (χ1v) is 10.5. The molecule has 0 radical (unpaired) electrons. The van der Waals surface area contributed by atoms with Gasteiger partial charge in [0.1, 0.15) is 5.75 Å². The van der Waals surface area contributed by atoms with E-state index in [9.17, 15) is 9.59 Å². The lowest BCUT2D eigenvalue weighted by atomic mass is 9.69. The summed E-state index contributed by atoms with van der Waals surface area (Å²) >= 11 is 0. The molecule has 0 aromatic heterocycles. The predicted molar refractivity (Wildman–Crippen MR) is 115 cm³/mol. The van der Waals surface area contributed by atoms with E-state index in [1.54, 1.807) is 21.0 Å². The van der Waals surface area contributed by atoms with Crippen LogP contribution in [0.1, 0.15) is 19.4 Å². The number of methoxy groups -OCH3 is 1. The number of cyclic esters (lactones) is 2. The van der Waals surface area contributed by atoms with Crippen molar-refractivity contribution in [3.63, 3.8) is 0 Å². The Kier molecular flexibility index (Phi) is 4.39. The molecule has 5 rings (SSSR count). The van der Waals surface area contributed by atoms with Crippen LogP contribution in [0, 0.1) is 5.41 Å². The van der Waals surface area contributed by atoms with Crippen molar-refractivity contribution in [3.8, 4) is 5.75 Å². The van der Waals surface area contributed by atoms with Crippen LogP contribution in [0.4, 0.5) is 11.4 Å². The van der Waals surface area contributed by atoms with E-state index in [-0.39, 0.29) is 6.42 Å². The van der Waals surface area contributed by atoms with E-state index in [0.717, 1.165) is 29.2 Å². The lowest BCUT2D eigenvalue weighted by Crippen LogP contribution is -2.71. The molecule has 31 heavy (non-hydrogen) atoms. The molecule has 7 heteroatoms. The second-order valence-electron chi connectivity index (χ2n) is 8.81. The lowest BCUT2D eigenvalue weighted by molar-refractivity contribution is -0.253. The van der Waals surface area contributed by atoms with E-state index in [0.29, 0.717) is 13.1 Å². The summed E-state index contributed by atoms with van der Waals surface area (Å²) in [5, 5.41) is 0. The van der Waals surface area contributed by atoms with Crippen LogP contribution in [-0.4, -0.2) is 50.5 Å². The van der Waals surface area contributed by atoms with Crippen molar-refractivity contribution in [1.82, 2.24) is 0 Å². The van der Waals surface area contributed by atoms with Gasteiger partial charge in [0, 0.05) is 51.3 Å². The minimum atomic E-state index is -1.39. The molecule has 2 aromatic carbocycles. The summed E-state index contributed by atoms with van der Waals surface area (Å²) in [6, 6.07) is 15.4. The van der Waals surface area contributed by atoms with Gasteiger partial charge in [-0.15, -0.1) is 0 Å². The first-order valence-electron chi connectivity index (χ1n) is 10.5. The van der Waals surface area contributed by atoms with E-state index in [1.807, 2.05) is 42.5 Å². The summed E-state index contributed by atoms with van der Waals surface area (Å²) in [6.45, 7) is 5.14. The average molecular weight is 422 g/mol. The third kappa shape index (κ3) is 3.02. The van der Waals surface area contributed by atoms with Gasteiger partial charge in [-0.2, -0.15) is 0 Å². The summed E-state index contributed by atoms with van der Waals surface area (Å²) in [6.07, 6.45) is 0.272. The molecular formula is C24H26N2O5. The van der Waals surface area contributed by atoms with Crippen LogP contribution in [0.5, 0.6) is 5.75 Å². The highest BCUT2D eigenvalue weighted by atomic mass is 16.7. The zero-order chi connectivity index (χ0) is 21.8. The number of ether oxygens (including phenoxy) is 3. The van der Waals surface area contributed by atoms with E-state index in [1.165, 1.54) is 0 Å². The van der Waals surface area contributed by atoms with Crippen molar-refractivity contribution >= 4 is 23.3 Å². The molecule has 0 N–H and O–H groups in total. The normalized spacial score (nSPS) is 23.5. The summed E-state index contributed by atoms with van der Waals surface area (Å²) in [4.78, 5) is 31.2. The highest BCUT2D eigenvalue weighted by Crippen LogP contribution is 2.48. The summed E-state index contributed by atoms with van der Waals surface area (Å²) in [5.41, 5.74) is 1.66. The minimum absolute atomic E-state index is 0.272. The van der Waals surface area contributed by atoms with Gasteiger partial charge in [0.2, 0.25) is 0 Å². The maximum absolute atomic E-state index is 13.4. The Morgan fingerprint density at radius 1 is 0.968 bits per heavy atom. The van der Waals surface area contributed by atoms with E-state index >= 15 is 0 Å². The quantitative estimate of drug-likeness (QED) is 0.545. The van der Waals surface area contributed by atoms with Gasteiger partial charge >= 0.3 is 11.9 Å². The van der Waals surface area contributed by atoms with Crippen molar-refractivity contribution in [2.45, 2.75) is 32.1 Å². The number of piperazine rings is 1. The molecule has 1 atom stereocenters. The van der Waals surface area contributed by atoms with Crippen LogP contribution in [-0.2, 0) is 25.5 Å². The number of hydrogen-bond acceptors (Lipinski definition) is 7.